The maximum Gasteiger partial charge on any atom is 0.0107 e. The van der Waals surface area contributed by atoms with Gasteiger partial charge in [-0.05, 0) is 56.1 Å². The first kappa shape index (κ1) is 16.0. The normalized spacial score (nSPS) is 20.9. The Balaban J connectivity index is 1.53. The summed E-state index contributed by atoms with van der Waals surface area (Å²) in [6.45, 7) is 8.43. The number of rotatable bonds is 8. The first-order valence-corrected chi connectivity index (χ1v) is 9.22. The Hall–Kier alpha value is -0.380. The first-order chi connectivity index (χ1) is 9.88. The predicted octanol–water partition coefficient (Wildman–Crippen LogP) is 3.78. The molecule has 0 spiro atoms. The number of nitrogens with one attached hydrogen (secondary N) is 1. The van der Waals surface area contributed by atoms with Crippen molar-refractivity contribution in [3.8, 4) is 0 Å². The molecule has 0 aliphatic carbocycles. The molecule has 1 saturated heterocycles. The van der Waals surface area contributed by atoms with E-state index in [-0.39, 0.29) is 0 Å². The highest BCUT2D eigenvalue weighted by molar-refractivity contribution is 7.09. The van der Waals surface area contributed by atoms with Gasteiger partial charge in [-0.15, -0.1) is 11.3 Å². The maximum atomic E-state index is 3.59. The summed E-state index contributed by atoms with van der Waals surface area (Å²) in [6.07, 6.45) is 8.25. The first-order valence-electron chi connectivity index (χ1n) is 8.34. The van der Waals surface area contributed by atoms with E-state index in [2.05, 4.69) is 34.7 Å². The second-order valence-electron chi connectivity index (χ2n) is 6.01. The summed E-state index contributed by atoms with van der Waals surface area (Å²) in [7, 11) is 0. The van der Waals surface area contributed by atoms with Crippen LogP contribution in [0.4, 0.5) is 0 Å². The van der Waals surface area contributed by atoms with E-state index < -0.39 is 0 Å². The summed E-state index contributed by atoms with van der Waals surface area (Å²) >= 11 is 1.87. The molecule has 0 bridgehead atoms. The molecule has 0 saturated carbocycles. The zero-order valence-electron chi connectivity index (χ0n) is 12.9. The van der Waals surface area contributed by atoms with Gasteiger partial charge in [0.25, 0.3) is 0 Å². The van der Waals surface area contributed by atoms with Crippen molar-refractivity contribution in [1.82, 2.24) is 10.2 Å². The lowest BCUT2D eigenvalue weighted by molar-refractivity contribution is 0.279. The minimum Gasteiger partial charge on any atom is -0.315 e. The molecule has 1 aliphatic heterocycles. The summed E-state index contributed by atoms with van der Waals surface area (Å²) in [4.78, 5) is 4.16. The van der Waals surface area contributed by atoms with Gasteiger partial charge in [0.15, 0.2) is 0 Å². The highest BCUT2D eigenvalue weighted by Crippen LogP contribution is 2.21. The fourth-order valence-corrected chi connectivity index (χ4v) is 3.88. The van der Waals surface area contributed by atoms with Crippen LogP contribution in [0.1, 0.15) is 43.9 Å². The second kappa shape index (κ2) is 9.54. The van der Waals surface area contributed by atoms with Gasteiger partial charge in [-0.3, -0.25) is 0 Å². The van der Waals surface area contributed by atoms with Gasteiger partial charge in [0, 0.05) is 24.5 Å². The van der Waals surface area contributed by atoms with Crippen molar-refractivity contribution in [2.45, 2.75) is 45.4 Å². The fourth-order valence-electron chi connectivity index (χ4n) is 3.17. The van der Waals surface area contributed by atoms with Crippen molar-refractivity contribution in [3.05, 3.63) is 22.4 Å². The summed E-state index contributed by atoms with van der Waals surface area (Å²) in [6, 6.07) is 4.37. The van der Waals surface area contributed by atoms with Crippen molar-refractivity contribution in [2.24, 2.45) is 5.92 Å². The third-order valence-corrected chi connectivity index (χ3v) is 5.31. The lowest BCUT2D eigenvalue weighted by Crippen LogP contribution is -2.33. The van der Waals surface area contributed by atoms with E-state index in [1.165, 1.54) is 63.0 Å². The Morgan fingerprint density at radius 2 is 2.25 bits per heavy atom. The number of thiophene rings is 1. The van der Waals surface area contributed by atoms with Crippen molar-refractivity contribution in [1.29, 1.82) is 0 Å². The fraction of sp³-hybridized carbons (Fsp3) is 0.765. The molecular weight excluding hydrogens is 264 g/mol. The largest absolute Gasteiger partial charge is 0.315 e. The molecule has 20 heavy (non-hydrogen) atoms. The molecule has 0 radical (unpaired) electrons. The van der Waals surface area contributed by atoms with Crippen molar-refractivity contribution >= 4 is 11.3 Å². The molecule has 1 atom stereocenters. The van der Waals surface area contributed by atoms with E-state index in [0.29, 0.717) is 0 Å². The molecule has 1 aromatic rings. The summed E-state index contributed by atoms with van der Waals surface area (Å²) in [5.41, 5.74) is 0. The van der Waals surface area contributed by atoms with Crippen molar-refractivity contribution in [3.63, 3.8) is 0 Å². The molecule has 2 rings (SSSR count). The molecular formula is C17H30N2S. The zero-order valence-corrected chi connectivity index (χ0v) is 13.8. The van der Waals surface area contributed by atoms with E-state index in [4.69, 9.17) is 0 Å². The van der Waals surface area contributed by atoms with E-state index >= 15 is 0 Å². The Morgan fingerprint density at radius 3 is 3.05 bits per heavy atom. The number of likely N-dealkylation sites (tertiary alicyclic amines) is 1. The van der Waals surface area contributed by atoms with Crippen LogP contribution in [-0.4, -0.2) is 37.6 Å². The van der Waals surface area contributed by atoms with Crippen LogP contribution in [0.5, 0.6) is 0 Å². The van der Waals surface area contributed by atoms with Crippen LogP contribution in [0, 0.1) is 5.92 Å². The molecule has 2 nitrogen and oxygen atoms in total. The van der Waals surface area contributed by atoms with Crippen LogP contribution in [-0.2, 0) is 6.42 Å². The Bertz CT molecular complexity index is 337. The topological polar surface area (TPSA) is 15.3 Å². The number of hydrogen-bond acceptors (Lipinski definition) is 3. The van der Waals surface area contributed by atoms with Gasteiger partial charge in [-0.2, -0.15) is 0 Å². The van der Waals surface area contributed by atoms with E-state index in [0.717, 1.165) is 19.0 Å². The van der Waals surface area contributed by atoms with Gasteiger partial charge in [0.2, 0.25) is 0 Å². The van der Waals surface area contributed by atoms with Crippen LogP contribution in [0.2, 0.25) is 0 Å². The smallest absolute Gasteiger partial charge is 0.0107 e. The molecule has 1 fully saturated rings. The van der Waals surface area contributed by atoms with Gasteiger partial charge in [-0.25, -0.2) is 0 Å². The SMILES string of the molecule is CCCC1CCCN(CCNCCc2cccs2)CC1. The molecule has 2 heterocycles. The molecule has 0 aromatic carbocycles. The van der Waals surface area contributed by atoms with Crippen LogP contribution < -0.4 is 5.32 Å². The molecule has 1 aromatic heterocycles. The Kier molecular flexibility index (Phi) is 7.63. The van der Waals surface area contributed by atoms with Gasteiger partial charge in [0.05, 0.1) is 0 Å². The van der Waals surface area contributed by atoms with Crippen LogP contribution in [0.15, 0.2) is 17.5 Å². The lowest BCUT2D eigenvalue weighted by Gasteiger charge is -2.20. The quantitative estimate of drug-likeness (QED) is 0.734. The minimum atomic E-state index is 0.997. The third-order valence-electron chi connectivity index (χ3n) is 4.37. The van der Waals surface area contributed by atoms with Crippen LogP contribution >= 0.6 is 11.3 Å². The van der Waals surface area contributed by atoms with Crippen LogP contribution in [0.25, 0.3) is 0 Å². The van der Waals surface area contributed by atoms with Crippen molar-refractivity contribution < 1.29 is 0 Å². The predicted molar refractivity (Wildman–Crippen MR) is 89.6 cm³/mol. The average Bonchev–Trinajstić information content (AvgIpc) is 2.87. The maximum absolute atomic E-state index is 3.59. The highest BCUT2D eigenvalue weighted by atomic mass is 32.1. The number of nitrogens with zero attached hydrogens (tertiary/aromatic N) is 1. The van der Waals surface area contributed by atoms with Gasteiger partial charge >= 0.3 is 0 Å². The Morgan fingerprint density at radius 1 is 1.30 bits per heavy atom. The monoisotopic (exact) mass is 294 g/mol. The summed E-state index contributed by atoms with van der Waals surface area (Å²) in [5, 5.41) is 5.76. The van der Waals surface area contributed by atoms with Crippen molar-refractivity contribution in [2.75, 3.05) is 32.7 Å². The number of hydrogen-bond donors (Lipinski definition) is 1. The third kappa shape index (κ3) is 5.94. The molecule has 3 heteroatoms. The highest BCUT2D eigenvalue weighted by Gasteiger charge is 2.15. The van der Waals surface area contributed by atoms with Gasteiger partial charge < -0.3 is 10.2 Å². The summed E-state index contributed by atoms with van der Waals surface area (Å²) < 4.78 is 0. The second-order valence-corrected chi connectivity index (χ2v) is 7.04. The zero-order chi connectivity index (χ0) is 14.0. The van der Waals surface area contributed by atoms with Crippen LogP contribution in [0.3, 0.4) is 0 Å². The average molecular weight is 295 g/mol. The van der Waals surface area contributed by atoms with E-state index in [1.807, 2.05) is 11.3 Å². The summed E-state index contributed by atoms with van der Waals surface area (Å²) in [5.74, 6) is 0.997. The van der Waals surface area contributed by atoms with E-state index in [9.17, 15) is 0 Å². The standard InChI is InChI=1S/C17H30N2S/c1-2-5-16-6-3-12-19(13-9-16)14-11-18-10-8-17-7-4-15-20-17/h4,7,15-16,18H,2-3,5-6,8-14H2,1H3. The minimum absolute atomic E-state index is 0.997. The van der Waals surface area contributed by atoms with Gasteiger partial charge in [-0.1, -0.05) is 25.8 Å². The molecule has 1 aliphatic rings. The molecule has 1 N–H and O–H groups in total. The lowest BCUT2D eigenvalue weighted by atomic mass is 9.96. The molecule has 1 unspecified atom stereocenters. The molecule has 114 valence electrons. The van der Waals surface area contributed by atoms with Gasteiger partial charge in [0.1, 0.15) is 0 Å². The van der Waals surface area contributed by atoms with E-state index in [1.54, 1.807) is 0 Å². The molecule has 0 amide bonds. The Labute approximate surface area is 128 Å².